The third kappa shape index (κ3) is 4.87. The zero-order chi connectivity index (χ0) is 17.7. The zero-order valence-corrected chi connectivity index (χ0v) is 14.0. The number of hydrogen-bond acceptors (Lipinski definition) is 2. The minimum atomic E-state index is -4.74. The third-order valence-electron chi connectivity index (χ3n) is 4.40. The van der Waals surface area contributed by atoms with Crippen LogP contribution in [0, 0.1) is 0 Å². The summed E-state index contributed by atoms with van der Waals surface area (Å²) in [6.45, 7) is 7.27. The van der Waals surface area contributed by atoms with Gasteiger partial charge in [0.25, 0.3) is 0 Å². The Kier molecular flexibility index (Phi) is 6.10. The van der Waals surface area contributed by atoms with E-state index in [9.17, 15) is 18.3 Å². The number of nitrogens with zero attached hydrogens (tertiary/aromatic N) is 2. The van der Waals surface area contributed by atoms with Gasteiger partial charge in [-0.25, -0.2) is 0 Å². The Hall–Kier alpha value is -1.76. The molecule has 1 fully saturated rings. The largest absolute Gasteiger partial charge is 0.573 e. The van der Waals surface area contributed by atoms with E-state index in [4.69, 9.17) is 0 Å². The van der Waals surface area contributed by atoms with Gasteiger partial charge in [0.15, 0.2) is 13.1 Å². The van der Waals surface area contributed by atoms with Crippen molar-refractivity contribution in [1.82, 2.24) is 4.90 Å². The van der Waals surface area contributed by atoms with Crippen LogP contribution in [0.4, 0.5) is 13.2 Å². The zero-order valence-electron chi connectivity index (χ0n) is 14.0. The topological polar surface area (TPSA) is 35.7 Å². The first-order valence-electron chi connectivity index (χ1n) is 8.25. The summed E-state index contributed by atoms with van der Waals surface area (Å²) in [7, 11) is 0. The maximum absolute atomic E-state index is 12.3. The number of aliphatic hydroxyl groups is 1. The average Bonchev–Trinajstić information content (AvgIpc) is 2.55. The first-order valence-corrected chi connectivity index (χ1v) is 8.25. The van der Waals surface area contributed by atoms with Gasteiger partial charge in [-0.1, -0.05) is 19.9 Å². The molecule has 1 aliphatic heterocycles. The van der Waals surface area contributed by atoms with Gasteiger partial charge in [0.1, 0.15) is 5.75 Å². The second-order valence-electron chi connectivity index (χ2n) is 5.89. The van der Waals surface area contributed by atoms with Crippen molar-refractivity contribution in [3.05, 3.63) is 29.8 Å². The quantitative estimate of drug-likeness (QED) is 0.656. The summed E-state index contributed by atoms with van der Waals surface area (Å²) in [5.74, 6) is -0.339. The molecule has 134 valence electrons. The molecule has 0 saturated carbocycles. The van der Waals surface area contributed by atoms with Crippen LogP contribution in [0.15, 0.2) is 24.3 Å². The summed E-state index contributed by atoms with van der Waals surface area (Å²) < 4.78 is 42.6. The maximum Gasteiger partial charge on any atom is 0.573 e. The minimum absolute atomic E-state index is 0.00757. The highest BCUT2D eigenvalue weighted by molar-refractivity contribution is 5.88. The number of aliphatic hydroxyl groups excluding tert-OH is 1. The van der Waals surface area contributed by atoms with Crippen LogP contribution in [-0.4, -0.2) is 59.1 Å². The summed E-state index contributed by atoms with van der Waals surface area (Å²) >= 11 is 0. The van der Waals surface area contributed by atoms with Gasteiger partial charge >= 0.3 is 12.3 Å². The number of alkyl halides is 3. The number of hydrogen-bond donors (Lipinski definition) is 1. The lowest BCUT2D eigenvalue weighted by atomic mass is 10.1. The smallest absolute Gasteiger partial charge is 0.460 e. The van der Waals surface area contributed by atoms with Crippen LogP contribution in [-0.2, 0) is 0 Å². The monoisotopic (exact) mass is 345 g/mol. The molecule has 0 aromatic heterocycles. The molecule has 7 heteroatoms. The molecule has 24 heavy (non-hydrogen) atoms. The molecule has 0 bridgehead atoms. The van der Waals surface area contributed by atoms with Crippen LogP contribution in [0.25, 0.3) is 0 Å². The second kappa shape index (κ2) is 7.88. The molecule has 0 aliphatic carbocycles. The van der Waals surface area contributed by atoms with E-state index >= 15 is 0 Å². The van der Waals surface area contributed by atoms with Gasteiger partial charge in [0.2, 0.25) is 0 Å². The SMILES string of the molecule is CCC(CC)N1CC[N+](=C(O)c2cccc(OC(F)(F)F)c2)CC1. The molecule has 1 heterocycles. The maximum atomic E-state index is 12.3. The van der Waals surface area contributed by atoms with E-state index in [1.54, 1.807) is 10.6 Å². The molecule has 4 nitrogen and oxygen atoms in total. The molecule has 1 aliphatic rings. The molecule has 1 N–H and O–H groups in total. The van der Waals surface area contributed by atoms with Crippen LogP contribution in [0.1, 0.15) is 32.3 Å². The molecule has 1 aromatic rings. The van der Waals surface area contributed by atoms with Crippen molar-refractivity contribution < 1.29 is 27.6 Å². The molecule has 1 aromatic carbocycles. The van der Waals surface area contributed by atoms with Crippen LogP contribution >= 0.6 is 0 Å². The van der Waals surface area contributed by atoms with Gasteiger partial charge in [-0.3, -0.25) is 4.90 Å². The Balaban J connectivity index is 2.10. The van der Waals surface area contributed by atoms with Crippen molar-refractivity contribution in [1.29, 1.82) is 0 Å². The van der Waals surface area contributed by atoms with E-state index < -0.39 is 6.36 Å². The number of ether oxygens (including phenoxy) is 1. The van der Waals surface area contributed by atoms with E-state index in [1.807, 2.05) is 0 Å². The Morgan fingerprint density at radius 3 is 2.42 bits per heavy atom. The van der Waals surface area contributed by atoms with Gasteiger partial charge in [0, 0.05) is 6.04 Å². The number of halogens is 3. The van der Waals surface area contributed by atoms with E-state index in [0.717, 1.165) is 25.9 Å². The number of rotatable bonds is 5. The Bertz CT molecular complexity index is 573. The van der Waals surface area contributed by atoms with Crippen molar-refractivity contribution in [3.8, 4) is 5.75 Å². The molecule has 0 atom stereocenters. The van der Waals surface area contributed by atoms with Crippen LogP contribution in [0.3, 0.4) is 0 Å². The van der Waals surface area contributed by atoms with E-state index in [-0.39, 0.29) is 11.6 Å². The highest BCUT2D eigenvalue weighted by Crippen LogP contribution is 2.23. The first kappa shape index (κ1) is 18.6. The van der Waals surface area contributed by atoms with E-state index in [1.165, 1.54) is 18.2 Å². The molecule has 0 spiro atoms. The van der Waals surface area contributed by atoms with Crippen molar-refractivity contribution in [2.24, 2.45) is 0 Å². The van der Waals surface area contributed by atoms with Crippen LogP contribution < -0.4 is 4.74 Å². The standard InChI is InChI=1S/C17H23F3N2O2/c1-3-14(4-2)21-8-10-22(11-9-21)16(23)13-6-5-7-15(12-13)24-17(18,19)20/h5-7,12,14H,3-4,8-11H2,1-2H3/p+1. The number of benzene rings is 1. The Morgan fingerprint density at radius 1 is 1.25 bits per heavy atom. The molecule has 0 radical (unpaired) electrons. The summed E-state index contributed by atoms with van der Waals surface area (Å²) in [4.78, 5) is 2.40. The van der Waals surface area contributed by atoms with Crippen molar-refractivity contribution in [3.63, 3.8) is 0 Å². The molecule has 0 unspecified atom stereocenters. The highest BCUT2D eigenvalue weighted by Gasteiger charge is 2.32. The average molecular weight is 345 g/mol. The normalized spacial score (nSPS) is 16.5. The van der Waals surface area contributed by atoms with Crippen LogP contribution in [0.5, 0.6) is 5.75 Å². The van der Waals surface area contributed by atoms with E-state index in [2.05, 4.69) is 23.5 Å². The summed E-state index contributed by atoms with van der Waals surface area (Å²) in [5, 5.41) is 10.4. The first-order chi connectivity index (χ1) is 11.3. The van der Waals surface area contributed by atoms with E-state index in [0.29, 0.717) is 24.7 Å². The molecule has 1 saturated heterocycles. The minimum Gasteiger partial charge on any atom is -0.460 e. The highest BCUT2D eigenvalue weighted by atomic mass is 19.4. The lowest BCUT2D eigenvalue weighted by molar-refractivity contribution is -0.547. The number of piperazine rings is 1. The summed E-state index contributed by atoms with van der Waals surface area (Å²) in [6, 6.07) is 5.97. The fourth-order valence-electron chi connectivity index (χ4n) is 3.12. The van der Waals surface area contributed by atoms with Gasteiger partial charge in [-0.2, -0.15) is 4.58 Å². The van der Waals surface area contributed by atoms with Gasteiger partial charge in [-0.05, 0) is 31.0 Å². The third-order valence-corrected chi connectivity index (χ3v) is 4.40. The van der Waals surface area contributed by atoms with Gasteiger partial charge < -0.3 is 9.84 Å². The summed E-state index contributed by atoms with van der Waals surface area (Å²) in [6.07, 6.45) is -2.57. The van der Waals surface area contributed by atoms with Crippen molar-refractivity contribution in [2.45, 2.75) is 39.1 Å². The predicted octanol–water partition coefficient (Wildman–Crippen LogP) is 3.41. The molecular formula is C17H24F3N2O2+. The Labute approximate surface area is 140 Å². The Morgan fingerprint density at radius 2 is 1.88 bits per heavy atom. The van der Waals surface area contributed by atoms with Gasteiger partial charge in [-0.15, -0.1) is 13.2 Å². The lowest BCUT2D eigenvalue weighted by Gasteiger charge is -2.32. The molecular weight excluding hydrogens is 321 g/mol. The van der Waals surface area contributed by atoms with Crippen molar-refractivity contribution >= 4 is 5.90 Å². The lowest BCUT2D eigenvalue weighted by Crippen LogP contribution is -2.48. The fraction of sp³-hybridized carbons (Fsp3) is 0.588. The summed E-state index contributed by atoms with van der Waals surface area (Å²) in [5.41, 5.74) is 0.327. The predicted molar refractivity (Wildman–Crippen MR) is 85.8 cm³/mol. The van der Waals surface area contributed by atoms with Gasteiger partial charge in [0.05, 0.1) is 18.7 Å². The second-order valence-corrected chi connectivity index (χ2v) is 5.89. The molecule has 0 amide bonds. The fourth-order valence-corrected chi connectivity index (χ4v) is 3.12. The van der Waals surface area contributed by atoms with Crippen LogP contribution in [0.2, 0.25) is 0 Å². The molecule has 2 rings (SSSR count). The van der Waals surface area contributed by atoms with Crippen molar-refractivity contribution in [2.75, 3.05) is 26.2 Å².